The van der Waals surface area contributed by atoms with Crippen molar-refractivity contribution < 1.29 is 14.7 Å². The Kier molecular flexibility index (Phi) is 4.59. The summed E-state index contributed by atoms with van der Waals surface area (Å²) >= 11 is 8.69. The third-order valence-corrected chi connectivity index (χ3v) is 5.22. The number of nitrogens with one attached hydrogen (secondary N) is 1. The average molecular weight is 321 g/mol. The monoisotopic (exact) mass is 320 g/mol. The van der Waals surface area contributed by atoms with E-state index in [1.54, 1.807) is 6.07 Å². The fourth-order valence-electron chi connectivity index (χ4n) is 1.75. The van der Waals surface area contributed by atoms with Crippen LogP contribution in [0.1, 0.15) is 17.8 Å². The number of carbonyl (C=O) groups excluding carboxylic acids is 1. The molecule has 0 spiro atoms. The number of thioether (sulfide) groups is 1. The molecule has 1 aliphatic heterocycles. The Labute approximate surface area is 123 Å². The Balaban J connectivity index is 1.99. The molecular formula is C11H13ClN2O3S2. The Morgan fingerprint density at radius 2 is 2.32 bits per heavy atom. The van der Waals surface area contributed by atoms with Crippen molar-refractivity contribution in [1.29, 1.82) is 0 Å². The van der Waals surface area contributed by atoms with Gasteiger partial charge < -0.3 is 15.3 Å². The van der Waals surface area contributed by atoms with E-state index in [4.69, 9.17) is 16.7 Å². The molecular weight excluding hydrogens is 308 g/mol. The number of thiophene rings is 1. The highest BCUT2D eigenvalue weighted by molar-refractivity contribution is 7.99. The third kappa shape index (κ3) is 3.34. The molecule has 1 aromatic heterocycles. The van der Waals surface area contributed by atoms with Crippen LogP contribution in [-0.4, -0.2) is 39.7 Å². The third-order valence-electron chi connectivity index (χ3n) is 2.79. The minimum atomic E-state index is -0.966. The molecule has 8 heteroatoms. The molecule has 2 unspecified atom stereocenters. The van der Waals surface area contributed by atoms with Crippen LogP contribution in [0.15, 0.2) is 12.1 Å². The van der Waals surface area contributed by atoms with Gasteiger partial charge in [0, 0.05) is 10.6 Å². The average Bonchev–Trinajstić information content (AvgIpc) is 2.96. The number of carboxylic acid groups (broad SMARTS) is 1. The van der Waals surface area contributed by atoms with Crippen LogP contribution in [0.2, 0.25) is 4.34 Å². The summed E-state index contributed by atoms with van der Waals surface area (Å²) < 4.78 is 0.663. The van der Waals surface area contributed by atoms with Crippen LogP contribution in [-0.2, 0) is 4.79 Å². The molecule has 0 saturated carbocycles. The van der Waals surface area contributed by atoms with E-state index in [1.165, 1.54) is 28.0 Å². The van der Waals surface area contributed by atoms with Crippen LogP contribution in [0.25, 0.3) is 0 Å². The highest BCUT2D eigenvalue weighted by Crippen LogP contribution is 2.27. The zero-order valence-corrected chi connectivity index (χ0v) is 12.5. The van der Waals surface area contributed by atoms with E-state index in [1.807, 2.05) is 13.0 Å². The Bertz CT molecular complexity index is 494. The van der Waals surface area contributed by atoms with Crippen molar-refractivity contribution in [2.45, 2.75) is 19.0 Å². The van der Waals surface area contributed by atoms with Crippen LogP contribution in [0.3, 0.4) is 0 Å². The van der Waals surface area contributed by atoms with E-state index >= 15 is 0 Å². The van der Waals surface area contributed by atoms with Gasteiger partial charge in [0.05, 0.1) is 16.3 Å². The molecule has 0 aliphatic carbocycles. The summed E-state index contributed by atoms with van der Waals surface area (Å²) in [5.41, 5.74) is 0. The first-order valence-electron chi connectivity index (χ1n) is 5.62. The lowest BCUT2D eigenvalue weighted by atomic mass is 10.2. The van der Waals surface area contributed by atoms with E-state index in [9.17, 15) is 9.59 Å². The summed E-state index contributed by atoms with van der Waals surface area (Å²) in [6, 6.07) is 2.34. The van der Waals surface area contributed by atoms with Gasteiger partial charge in [-0.1, -0.05) is 11.6 Å². The number of nitrogens with zero attached hydrogens (tertiary/aromatic N) is 1. The molecule has 0 aromatic carbocycles. The number of hydrogen-bond acceptors (Lipinski definition) is 4. The lowest BCUT2D eigenvalue weighted by molar-refractivity contribution is -0.140. The van der Waals surface area contributed by atoms with Gasteiger partial charge in [-0.05, 0) is 19.1 Å². The number of amides is 2. The molecule has 104 valence electrons. The molecule has 1 aliphatic rings. The van der Waals surface area contributed by atoms with Gasteiger partial charge in [0.2, 0.25) is 0 Å². The van der Waals surface area contributed by atoms with Crippen LogP contribution < -0.4 is 5.32 Å². The Hall–Kier alpha value is -0.920. The van der Waals surface area contributed by atoms with E-state index < -0.39 is 12.0 Å². The quantitative estimate of drug-likeness (QED) is 0.898. The van der Waals surface area contributed by atoms with Crippen molar-refractivity contribution in [2.24, 2.45) is 0 Å². The van der Waals surface area contributed by atoms with Gasteiger partial charge in [-0.25, -0.2) is 9.59 Å². The SMILES string of the molecule is CC(NC(=O)N1CSCC1C(=O)O)c1ccc(Cl)s1. The molecule has 1 saturated heterocycles. The van der Waals surface area contributed by atoms with Gasteiger partial charge in [0.15, 0.2) is 0 Å². The van der Waals surface area contributed by atoms with Crippen molar-refractivity contribution in [3.8, 4) is 0 Å². The second kappa shape index (κ2) is 6.02. The minimum absolute atomic E-state index is 0.190. The molecule has 2 amide bonds. The predicted octanol–water partition coefficient (Wildman–Crippen LogP) is 2.63. The van der Waals surface area contributed by atoms with Gasteiger partial charge in [-0.3, -0.25) is 0 Å². The number of halogens is 1. The van der Waals surface area contributed by atoms with E-state index in [0.717, 1.165) is 4.88 Å². The Morgan fingerprint density at radius 1 is 1.58 bits per heavy atom. The van der Waals surface area contributed by atoms with Gasteiger partial charge in [0.1, 0.15) is 6.04 Å². The molecule has 0 radical (unpaired) electrons. The topological polar surface area (TPSA) is 69.6 Å². The summed E-state index contributed by atoms with van der Waals surface area (Å²) in [6.45, 7) is 1.85. The second-order valence-electron chi connectivity index (χ2n) is 4.14. The van der Waals surface area contributed by atoms with E-state index in [0.29, 0.717) is 16.0 Å². The summed E-state index contributed by atoms with van der Waals surface area (Å²) in [7, 11) is 0. The van der Waals surface area contributed by atoms with E-state index in [-0.39, 0.29) is 12.1 Å². The highest BCUT2D eigenvalue weighted by Gasteiger charge is 2.35. The number of aliphatic carboxylic acids is 1. The molecule has 19 heavy (non-hydrogen) atoms. The van der Waals surface area contributed by atoms with Crippen molar-refractivity contribution in [2.75, 3.05) is 11.6 Å². The van der Waals surface area contributed by atoms with Crippen molar-refractivity contribution in [3.63, 3.8) is 0 Å². The number of carbonyl (C=O) groups is 2. The standard InChI is InChI=1S/C11H13ClN2O3S2/c1-6(8-2-3-9(12)19-8)13-11(17)14-5-18-4-7(14)10(15)16/h2-3,6-7H,4-5H2,1H3,(H,13,17)(H,15,16). The molecule has 1 fully saturated rings. The second-order valence-corrected chi connectivity index (χ2v) is 6.88. The lowest BCUT2D eigenvalue weighted by Crippen LogP contribution is -2.47. The number of urea groups is 1. The number of rotatable bonds is 3. The normalized spacial score (nSPS) is 20.3. The van der Waals surface area contributed by atoms with Gasteiger partial charge in [0.25, 0.3) is 0 Å². The van der Waals surface area contributed by atoms with Crippen LogP contribution in [0, 0.1) is 0 Å². The zero-order valence-electron chi connectivity index (χ0n) is 10.1. The van der Waals surface area contributed by atoms with Crippen molar-refractivity contribution >= 4 is 46.7 Å². The maximum atomic E-state index is 12.1. The van der Waals surface area contributed by atoms with Crippen molar-refractivity contribution in [1.82, 2.24) is 10.2 Å². The first kappa shape index (κ1) is 14.5. The number of carboxylic acids is 1. The summed E-state index contributed by atoms with van der Waals surface area (Å²) in [6.07, 6.45) is 0. The lowest BCUT2D eigenvalue weighted by Gasteiger charge is -2.23. The predicted molar refractivity (Wildman–Crippen MR) is 76.9 cm³/mol. The Morgan fingerprint density at radius 3 is 2.89 bits per heavy atom. The largest absolute Gasteiger partial charge is 0.480 e. The fourth-order valence-corrected chi connectivity index (χ4v) is 3.96. The molecule has 2 heterocycles. The molecule has 2 rings (SSSR count). The maximum Gasteiger partial charge on any atom is 0.327 e. The summed E-state index contributed by atoms with van der Waals surface area (Å²) in [5.74, 6) is -0.130. The smallest absolute Gasteiger partial charge is 0.327 e. The van der Waals surface area contributed by atoms with Crippen LogP contribution in [0.4, 0.5) is 4.79 Å². The number of hydrogen-bond donors (Lipinski definition) is 2. The molecule has 0 bridgehead atoms. The van der Waals surface area contributed by atoms with Gasteiger partial charge in [-0.15, -0.1) is 23.1 Å². The van der Waals surface area contributed by atoms with Gasteiger partial charge in [-0.2, -0.15) is 0 Å². The molecule has 2 atom stereocenters. The molecule has 2 N–H and O–H groups in total. The van der Waals surface area contributed by atoms with E-state index in [2.05, 4.69) is 5.32 Å². The fraction of sp³-hybridized carbons (Fsp3) is 0.455. The van der Waals surface area contributed by atoms with Gasteiger partial charge >= 0.3 is 12.0 Å². The van der Waals surface area contributed by atoms with Crippen LogP contribution in [0.5, 0.6) is 0 Å². The zero-order chi connectivity index (χ0) is 14.0. The van der Waals surface area contributed by atoms with Crippen LogP contribution >= 0.6 is 34.7 Å². The molecule has 1 aromatic rings. The minimum Gasteiger partial charge on any atom is -0.480 e. The first-order chi connectivity index (χ1) is 8.99. The summed E-state index contributed by atoms with van der Waals surface area (Å²) in [5, 5.41) is 11.8. The summed E-state index contributed by atoms with van der Waals surface area (Å²) in [4.78, 5) is 25.4. The first-order valence-corrected chi connectivity index (χ1v) is 7.97. The maximum absolute atomic E-state index is 12.1. The van der Waals surface area contributed by atoms with Crippen molar-refractivity contribution in [3.05, 3.63) is 21.3 Å². The molecule has 5 nitrogen and oxygen atoms in total. The highest BCUT2D eigenvalue weighted by atomic mass is 35.5.